The third-order valence-electron chi connectivity index (χ3n) is 1.77. The molecule has 1 N–H and O–H groups in total. The van der Waals surface area contributed by atoms with Gasteiger partial charge in [0, 0.05) is 4.47 Å². The molecule has 0 fully saturated rings. The molecule has 0 aliphatic carbocycles. The molecule has 0 bridgehead atoms. The van der Waals surface area contributed by atoms with Crippen molar-refractivity contribution >= 4 is 50.5 Å². The smallest absolute Gasteiger partial charge is 0.286 e. The number of hydrogen-bond acceptors (Lipinski definition) is 4. The first-order chi connectivity index (χ1) is 8.06. The molecule has 4 nitrogen and oxygen atoms in total. The van der Waals surface area contributed by atoms with Crippen LogP contribution in [0, 0.1) is 5.82 Å². The van der Waals surface area contributed by atoms with Gasteiger partial charge in [-0.1, -0.05) is 27.3 Å². The predicted molar refractivity (Wildman–Crippen MR) is 67.0 cm³/mol. The summed E-state index contributed by atoms with van der Waals surface area (Å²) in [6.07, 6.45) is 0. The van der Waals surface area contributed by atoms with Gasteiger partial charge in [0.1, 0.15) is 5.82 Å². The number of rotatable bonds is 2. The summed E-state index contributed by atoms with van der Waals surface area (Å²) in [6.45, 7) is 0. The first-order valence-electron chi connectivity index (χ1n) is 4.31. The number of nitrogens with zero attached hydrogens (tertiary/aromatic N) is 2. The Balaban J connectivity index is 2.21. The molecular weight excluding hydrogens is 333 g/mol. The van der Waals surface area contributed by atoms with Crippen LogP contribution in [-0.4, -0.2) is 16.1 Å². The minimum atomic E-state index is -0.550. The minimum absolute atomic E-state index is 0.0655. The van der Waals surface area contributed by atoms with Gasteiger partial charge in [0.2, 0.25) is 9.47 Å². The van der Waals surface area contributed by atoms with E-state index in [9.17, 15) is 9.18 Å². The fraction of sp³-hybridized carbons (Fsp3) is 0. The molecule has 17 heavy (non-hydrogen) atoms. The largest absolute Gasteiger partial charge is 0.317 e. The second-order valence-electron chi connectivity index (χ2n) is 2.94. The lowest BCUT2D eigenvalue weighted by Gasteiger charge is -2.04. The minimum Gasteiger partial charge on any atom is -0.317 e. The lowest BCUT2D eigenvalue weighted by Crippen LogP contribution is -2.12. The Hall–Kier alpha value is -1.05. The van der Waals surface area contributed by atoms with E-state index in [0.29, 0.717) is 4.47 Å². The van der Waals surface area contributed by atoms with Crippen LogP contribution in [0.25, 0.3) is 0 Å². The molecule has 1 amide bonds. The van der Waals surface area contributed by atoms with Crippen LogP contribution in [0.3, 0.4) is 0 Å². The molecule has 1 aromatic carbocycles. The van der Waals surface area contributed by atoms with Crippen LogP contribution in [-0.2, 0) is 0 Å². The number of hydrogen-bond donors (Lipinski definition) is 1. The Labute approximate surface area is 113 Å². The SMILES string of the molecule is O=C(Nc1cc(Br)ccc1F)c1nnc(Cl)s1. The van der Waals surface area contributed by atoms with E-state index in [4.69, 9.17) is 11.6 Å². The lowest BCUT2D eigenvalue weighted by molar-refractivity contribution is 0.102. The van der Waals surface area contributed by atoms with Crippen LogP contribution in [0.2, 0.25) is 4.47 Å². The van der Waals surface area contributed by atoms with Crippen molar-refractivity contribution in [2.24, 2.45) is 0 Å². The average molecular weight is 337 g/mol. The van der Waals surface area contributed by atoms with Crippen molar-refractivity contribution in [1.82, 2.24) is 10.2 Å². The highest BCUT2D eigenvalue weighted by molar-refractivity contribution is 9.10. The number of aromatic nitrogens is 2. The predicted octanol–water partition coefficient (Wildman–Crippen LogP) is 3.35. The normalized spacial score (nSPS) is 10.3. The van der Waals surface area contributed by atoms with Crippen molar-refractivity contribution in [3.05, 3.63) is 38.0 Å². The molecule has 0 unspecified atom stereocenters. The maximum atomic E-state index is 13.4. The topological polar surface area (TPSA) is 54.9 Å². The summed E-state index contributed by atoms with van der Waals surface area (Å²) in [4.78, 5) is 11.6. The van der Waals surface area contributed by atoms with Crippen molar-refractivity contribution < 1.29 is 9.18 Å². The van der Waals surface area contributed by atoms with Gasteiger partial charge < -0.3 is 5.32 Å². The summed E-state index contributed by atoms with van der Waals surface area (Å²) < 4.78 is 14.2. The van der Waals surface area contributed by atoms with Crippen molar-refractivity contribution in [1.29, 1.82) is 0 Å². The van der Waals surface area contributed by atoms with Crippen LogP contribution >= 0.6 is 38.9 Å². The highest BCUT2D eigenvalue weighted by Crippen LogP contribution is 2.22. The second-order valence-corrected chi connectivity index (χ2v) is 5.41. The Bertz CT molecular complexity index is 577. The van der Waals surface area contributed by atoms with Crippen LogP contribution in [0.15, 0.2) is 22.7 Å². The number of nitrogens with one attached hydrogen (secondary N) is 1. The number of amides is 1. The second kappa shape index (κ2) is 5.07. The van der Waals surface area contributed by atoms with E-state index in [1.807, 2.05) is 0 Å². The molecule has 0 atom stereocenters. The van der Waals surface area contributed by atoms with Crippen LogP contribution in [0.4, 0.5) is 10.1 Å². The number of carbonyl (C=O) groups excluding carboxylic acids is 1. The molecule has 2 rings (SSSR count). The molecule has 1 heterocycles. The molecule has 0 spiro atoms. The summed E-state index contributed by atoms with van der Waals surface area (Å²) in [7, 11) is 0. The van der Waals surface area contributed by atoms with Gasteiger partial charge in [-0.25, -0.2) is 4.39 Å². The van der Waals surface area contributed by atoms with E-state index in [1.54, 1.807) is 0 Å². The zero-order valence-electron chi connectivity index (χ0n) is 8.08. The van der Waals surface area contributed by atoms with E-state index in [2.05, 4.69) is 31.4 Å². The number of benzene rings is 1. The third-order valence-corrected chi connectivity index (χ3v) is 3.28. The number of halogens is 3. The highest BCUT2D eigenvalue weighted by Gasteiger charge is 2.14. The highest BCUT2D eigenvalue weighted by atomic mass is 79.9. The van der Waals surface area contributed by atoms with Gasteiger partial charge in [-0.3, -0.25) is 4.79 Å². The standard InChI is InChI=1S/C9H4BrClFN3OS/c10-4-1-2-5(12)6(3-4)13-7(16)8-14-15-9(11)17-8/h1-3H,(H,13,16). The maximum absolute atomic E-state index is 13.4. The van der Waals surface area contributed by atoms with Gasteiger partial charge in [-0.15, -0.1) is 10.2 Å². The molecule has 0 saturated heterocycles. The van der Waals surface area contributed by atoms with Gasteiger partial charge in [0.15, 0.2) is 0 Å². The maximum Gasteiger partial charge on any atom is 0.286 e. The van der Waals surface area contributed by atoms with E-state index < -0.39 is 11.7 Å². The van der Waals surface area contributed by atoms with Crippen LogP contribution < -0.4 is 5.32 Å². The lowest BCUT2D eigenvalue weighted by atomic mass is 10.3. The van der Waals surface area contributed by atoms with Gasteiger partial charge in [0.05, 0.1) is 5.69 Å². The molecule has 0 aliphatic heterocycles. The molecular formula is C9H4BrClFN3OS. The first-order valence-corrected chi connectivity index (χ1v) is 6.30. The Kier molecular flexibility index (Phi) is 3.70. The Morgan fingerprint density at radius 3 is 2.88 bits per heavy atom. The van der Waals surface area contributed by atoms with Crippen LogP contribution in [0.1, 0.15) is 9.80 Å². The summed E-state index contributed by atoms with van der Waals surface area (Å²) in [5.41, 5.74) is 0.0655. The van der Waals surface area contributed by atoms with Crippen molar-refractivity contribution in [3.8, 4) is 0 Å². The quantitative estimate of drug-likeness (QED) is 0.915. The van der Waals surface area contributed by atoms with Crippen LogP contribution in [0.5, 0.6) is 0 Å². The van der Waals surface area contributed by atoms with Gasteiger partial charge >= 0.3 is 0 Å². The van der Waals surface area contributed by atoms with Gasteiger partial charge in [-0.2, -0.15) is 0 Å². The van der Waals surface area contributed by atoms with E-state index in [-0.39, 0.29) is 15.2 Å². The fourth-order valence-corrected chi connectivity index (χ4v) is 2.15. The zero-order chi connectivity index (χ0) is 12.4. The van der Waals surface area contributed by atoms with Crippen molar-refractivity contribution in [2.75, 3.05) is 5.32 Å². The van der Waals surface area contributed by atoms with E-state index in [0.717, 1.165) is 11.3 Å². The Morgan fingerprint density at radius 1 is 1.47 bits per heavy atom. The van der Waals surface area contributed by atoms with E-state index >= 15 is 0 Å². The molecule has 8 heteroatoms. The number of anilines is 1. The summed E-state index contributed by atoms with van der Waals surface area (Å²) in [6, 6.07) is 4.23. The first kappa shape index (κ1) is 12.4. The van der Waals surface area contributed by atoms with E-state index in [1.165, 1.54) is 18.2 Å². The molecule has 1 aromatic heterocycles. The summed E-state index contributed by atoms with van der Waals surface area (Å²) in [5, 5.41) is 9.51. The molecule has 0 aliphatic rings. The number of carbonyl (C=O) groups is 1. The van der Waals surface area contributed by atoms with Gasteiger partial charge in [-0.05, 0) is 29.8 Å². The third kappa shape index (κ3) is 2.99. The zero-order valence-corrected chi connectivity index (χ0v) is 11.2. The molecule has 0 saturated carbocycles. The fourth-order valence-electron chi connectivity index (χ4n) is 1.07. The van der Waals surface area contributed by atoms with Crippen molar-refractivity contribution in [2.45, 2.75) is 0 Å². The molecule has 88 valence electrons. The average Bonchev–Trinajstić information content (AvgIpc) is 2.70. The summed E-state index contributed by atoms with van der Waals surface area (Å²) >= 11 is 9.65. The monoisotopic (exact) mass is 335 g/mol. The van der Waals surface area contributed by atoms with Gasteiger partial charge in [0.25, 0.3) is 5.91 Å². The Morgan fingerprint density at radius 2 is 2.24 bits per heavy atom. The van der Waals surface area contributed by atoms with Crippen molar-refractivity contribution in [3.63, 3.8) is 0 Å². The molecule has 2 aromatic rings. The summed E-state index contributed by atoms with van der Waals surface area (Å²) in [5.74, 6) is -1.08. The molecule has 0 radical (unpaired) electrons.